The molecule has 2 unspecified atom stereocenters. The standard InChI is InChI=1S/C34H29N3/c1-3-12-24(13-4-1)30-23-31(36-34(35-30)25-14-5-2-6-15-25)26-16-11-17-27(22-26)37-32-20-9-7-18-28(32)29-19-8-10-21-33(29)37/h1,3-5,7-12,14-24,30H,2,6,13H2,(H,35,36). The van der Waals surface area contributed by atoms with E-state index in [1.165, 1.54) is 32.9 Å². The molecule has 7 rings (SSSR count). The van der Waals surface area contributed by atoms with Crippen molar-refractivity contribution in [1.29, 1.82) is 0 Å². The highest BCUT2D eigenvalue weighted by Crippen LogP contribution is 2.33. The van der Waals surface area contributed by atoms with Gasteiger partial charge in [0, 0.05) is 33.6 Å². The first kappa shape index (κ1) is 21.9. The molecule has 1 aliphatic heterocycles. The summed E-state index contributed by atoms with van der Waals surface area (Å²) in [5, 5.41) is 6.25. The van der Waals surface area contributed by atoms with E-state index < -0.39 is 0 Å². The highest BCUT2D eigenvalue weighted by molar-refractivity contribution is 6.09. The second kappa shape index (κ2) is 9.25. The Morgan fingerprint density at radius 1 is 0.811 bits per heavy atom. The third-order valence-electron chi connectivity index (χ3n) is 7.58. The molecule has 180 valence electrons. The van der Waals surface area contributed by atoms with Gasteiger partial charge in [0.25, 0.3) is 0 Å². The highest BCUT2D eigenvalue weighted by atomic mass is 15.0. The van der Waals surface area contributed by atoms with Crippen molar-refractivity contribution in [1.82, 2.24) is 9.88 Å². The minimum absolute atomic E-state index is 0.0978. The van der Waals surface area contributed by atoms with E-state index in [1.54, 1.807) is 0 Å². The lowest BCUT2D eigenvalue weighted by Crippen LogP contribution is -2.33. The third-order valence-corrected chi connectivity index (χ3v) is 7.58. The van der Waals surface area contributed by atoms with Gasteiger partial charge in [0.2, 0.25) is 0 Å². The monoisotopic (exact) mass is 479 g/mol. The Kier molecular flexibility index (Phi) is 5.47. The Bertz CT molecular complexity index is 1640. The van der Waals surface area contributed by atoms with Gasteiger partial charge in [-0.15, -0.1) is 0 Å². The van der Waals surface area contributed by atoms with E-state index >= 15 is 0 Å². The lowest BCUT2D eigenvalue weighted by Gasteiger charge is -2.28. The number of benzene rings is 3. The fraction of sp³-hybridized carbons (Fsp3) is 0.147. The molecule has 37 heavy (non-hydrogen) atoms. The fourth-order valence-corrected chi connectivity index (χ4v) is 5.75. The second-order valence-corrected chi connectivity index (χ2v) is 9.95. The largest absolute Gasteiger partial charge is 0.340 e. The summed E-state index contributed by atoms with van der Waals surface area (Å²) in [7, 11) is 0. The van der Waals surface area contributed by atoms with E-state index in [0.29, 0.717) is 5.92 Å². The van der Waals surface area contributed by atoms with Crippen molar-refractivity contribution in [2.45, 2.75) is 25.3 Å². The van der Waals surface area contributed by atoms with E-state index in [1.807, 2.05) is 0 Å². The molecular formula is C34H29N3. The average molecular weight is 480 g/mol. The van der Waals surface area contributed by atoms with E-state index in [2.05, 4.69) is 131 Å². The van der Waals surface area contributed by atoms with Gasteiger partial charge in [-0.2, -0.15) is 0 Å². The molecule has 2 atom stereocenters. The van der Waals surface area contributed by atoms with Gasteiger partial charge >= 0.3 is 0 Å². The van der Waals surface area contributed by atoms with Gasteiger partial charge in [0.1, 0.15) is 5.84 Å². The number of aliphatic imine (C=N–C) groups is 1. The van der Waals surface area contributed by atoms with Gasteiger partial charge in [-0.1, -0.05) is 91.1 Å². The number of nitrogens with one attached hydrogen (secondary N) is 1. The molecular weight excluding hydrogens is 450 g/mol. The second-order valence-electron chi connectivity index (χ2n) is 9.95. The smallest absolute Gasteiger partial charge is 0.133 e. The average Bonchev–Trinajstić information content (AvgIpc) is 3.32. The van der Waals surface area contributed by atoms with Crippen molar-refractivity contribution >= 4 is 33.3 Å². The number of hydrogen-bond donors (Lipinski definition) is 1. The van der Waals surface area contributed by atoms with Crippen LogP contribution in [-0.4, -0.2) is 16.4 Å². The number of para-hydroxylation sites is 2. The summed E-state index contributed by atoms with van der Waals surface area (Å²) in [6, 6.07) is 26.3. The number of allylic oxidation sites excluding steroid dienone is 5. The van der Waals surface area contributed by atoms with Crippen molar-refractivity contribution in [3.63, 3.8) is 0 Å². The molecule has 3 aliphatic rings. The summed E-state index contributed by atoms with van der Waals surface area (Å²) in [5.41, 5.74) is 7.10. The van der Waals surface area contributed by atoms with Crippen LogP contribution in [0.4, 0.5) is 0 Å². The molecule has 2 aliphatic carbocycles. The maximum atomic E-state index is 5.18. The Hall–Kier alpha value is -4.37. The molecule has 0 saturated heterocycles. The van der Waals surface area contributed by atoms with Crippen LogP contribution in [0.25, 0.3) is 33.2 Å². The molecule has 3 aromatic carbocycles. The zero-order valence-corrected chi connectivity index (χ0v) is 20.7. The van der Waals surface area contributed by atoms with E-state index in [0.717, 1.165) is 36.5 Å². The summed E-state index contributed by atoms with van der Waals surface area (Å²) >= 11 is 0. The summed E-state index contributed by atoms with van der Waals surface area (Å²) in [6.45, 7) is 0. The lowest BCUT2D eigenvalue weighted by molar-refractivity contribution is 0.576. The van der Waals surface area contributed by atoms with E-state index in [9.17, 15) is 0 Å². The van der Waals surface area contributed by atoms with Crippen molar-refractivity contribution in [2.75, 3.05) is 0 Å². The molecule has 0 bridgehead atoms. The summed E-state index contributed by atoms with van der Waals surface area (Å²) in [5.74, 6) is 1.34. The lowest BCUT2D eigenvalue weighted by atomic mass is 9.90. The Balaban J connectivity index is 1.33. The maximum absolute atomic E-state index is 5.18. The Morgan fingerprint density at radius 2 is 1.62 bits per heavy atom. The first-order valence-corrected chi connectivity index (χ1v) is 13.2. The zero-order chi connectivity index (χ0) is 24.6. The predicted molar refractivity (Wildman–Crippen MR) is 156 cm³/mol. The van der Waals surface area contributed by atoms with Crippen LogP contribution in [0, 0.1) is 5.92 Å². The van der Waals surface area contributed by atoms with Gasteiger partial charge in [-0.3, -0.25) is 4.99 Å². The molecule has 1 aromatic heterocycles. The van der Waals surface area contributed by atoms with Crippen molar-refractivity contribution < 1.29 is 0 Å². The van der Waals surface area contributed by atoms with E-state index in [-0.39, 0.29) is 6.04 Å². The van der Waals surface area contributed by atoms with Crippen LogP contribution in [0.5, 0.6) is 0 Å². The quantitative estimate of drug-likeness (QED) is 0.317. The Labute approximate surface area is 217 Å². The van der Waals surface area contributed by atoms with Crippen molar-refractivity contribution in [3.05, 3.63) is 133 Å². The van der Waals surface area contributed by atoms with Crippen LogP contribution >= 0.6 is 0 Å². The molecule has 4 aromatic rings. The molecule has 1 N–H and O–H groups in total. The first-order valence-electron chi connectivity index (χ1n) is 13.2. The molecule has 0 amide bonds. The molecule has 0 fully saturated rings. The van der Waals surface area contributed by atoms with Gasteiger partial charge in [-0.25, -0.2) is 0 Å². The van der Waals surface area contributed by atoms with Crippen LogP contribution in [0.2, 0.25) is 0 Å². The van der Waals surface area contributed by atoms with Crippen LogP contribution < -0.4 is 5.32 Å². The van der Waals surface area contributed by atoms with Crippen molar-refractivity contribution in [2.24, 2.45) is 10.9 Å². The molecule has 0 saturated carbocycles. The molecule has 0 spiro atoms. The van der Waals surface area contributed by atoms with E-state index in [4.69, 9.17) is 4.99 Å². The Morgan fingerprint density at radius 3 is 2.35 bits per heavy atom. The molecule has 2 heterocycles. The SMILES string of the molecule is C1=CCC(C2C=C(c3cccc(-n4c5ccccc5c5ccccc54)c3)NC(C3=CCCC=C3)=N2)C=C1. The molecule has 0 radical (unpaired) electrons. The van der Waals surface area contributed by atoms with Gasteiger partial charge in [-0.05, 0) is 55.2 Å². The normalized spacial score (nSPS) is 21.0. The van der Waals surface area contributed by atoms with Crippen LogP contribution in [-0.2, 0) is 0 Å². The number of fused-ring (bicyclic) bond motifs is 3. The topological polar surface area (TPSA) is 29.3 Å². The van der Waals surface area contributed by atoms with Crippen LogP contribution in [0.1, 0.15) is 24.8 Å². The summed E-state index contributed by atoms with van der Waals surface area (Å²) in [4.78, 5) is 5.18. The van der Waals surface area contributed by atoms with Crippen molar-refractivity contribution in [3.8, 4) is 5.69 Å². The number of amidine groups is 1. The number of nitrogens with zero attached hydrogens (tertiary/aromatic N) is 2. The summed E-state index contributed by atoms with van der Waals surface area (Å²) < 4.78 is 2.38. The zero-order valence-electron chi connectivity index (χ0n) is 20.7. The van der Waals surface area contributed by atoms with Gasteiger partial charge in [0.05, 0.1) is 17.1 Å². The van der Waals surface area contributed by atoms with Gasteiger partial charge in [0.15, 0.2) is 0 Å². The third kappa shape index (κ3) is 3.97. The highest BCUT2D eigenvalue weighted by Gasteiger charge is 2.24. The molecule has 3 heteroatoms. The minimum Gasteiger partial charge on any atom is -0.340 e. The molecule has 3 nitrogen and oxygen atoms in total. The minimum atomic E-state index is 0.0978. The van der Waals surface area contributed by atoms with Crippen LogP contribution in [0.15, 0.2) is 132 Å². The fourth-order valence-electron chi connectivity index (χ4n) is 5.75. The number of hydrogen-bond acceptors (Lipinski definition) is 2. The number of aromatic nitrogens is 1. The van der Waals surface area contributed by atoms with Crippen LogP contribution in [0.3, 0.4) is 0 Å². The number of rotatable bonds is 4. The maximum Gasteiger partial charge on any atom is 0.133 e. The first-order chi connectivity index (χ1) is 18.3. The van der Waals surface area contributed by atoms with Gasteiger partial charge < -0.3 is 9.88 Å². The summed E-state index contributed by atoms with van der Waals surface area (Å²) in [6.07, 6.45) is 21.1. The predicted octanol–water partition coefficient (Wildman–Crippen LogP) is 7.90.